The standard InChI is InChI=1S/C55H75F2N9O11/c1-34(2)49(63-45(70)18-11-8-14-27-65-46(71)21-22-47(65)72)43(68)29-35(3)52(74)62-41(54(76)77)17-12-13-25-59-44(69)23-26-60-53(75)40(58)24-28-66(48(73)33-67)50(55(4,5)6)51-61-42(38-30-37(56)19-20-39(38)57)32-64(51)31-36-15-9-7-10-16-36/h7,9-10,15-16,19-22,30,32,34-35,40-41,49-50,67H,8,11-14,17-18,23-29,31,33,58H2,1-6H3,(H,59,69)(H,60,75)(H,62,74)(H,63,70)(H,76,77)/t35-,40+,41+,49+,50+/m1/s1. The second-order valence-corrected chi connectivity index (χ2v) is 20.7. The van der Waals surface area contributed by atoms with Crippen LogP contribution >= 0.6 is 0 Å². The van der Waals surface area contributed by atoms with E-state index in [4.69, 9.17) is 10.7 Å². The second-order valence-electron chi connectivity index (χ2n) is 20.7. The molecule has 1 aromatic heterocycles. The number of nitrogens with two attached hydrogens (primary N) is 1. The summed E-state index contributed by atoms with van der Waals surface area (Å²) in [6, 6.07) is 8.21. The van der Waals surface area contributed by atoms with E-state index in [0.29, 0.717) is 37.9 Å². The first-order valence-corrected chi connectivity index (χ1v) is 26.1. The van der Waals surface area contributed by atoms with Crippen LogP contribution in [0.2, 0.25) is 0 Å². The molecular formula is C55H75F2N9O11. The largest absolute Gasteiger partial charge is 0.480 e. The first-order valence-electron chi connectivity index (χ1n) is 26.1. The van der Waals surface area contributed by atoms with Gasteiger partial charge in [0.15, 0.2) is 5.78 Å². The van der Waals surface area contributed by atoms with Crippen molar-refractivity contribution in [2.45, 2.75) is 136 Å². The maximum atomic E-state index is 15.1. The molecule has 20 nitrogen and oxygen atoms in total. The van der Waals surface area contributed by atoms with E-state index in [9.17, 15) is 57.8 Å². The molecule has 0 unspecified atom stereocenters. The van der Waals surface area contributed by atoms with Crippen LogP contribution in [0.25, 0.3) is 11.3 Å². The molecule has 4 rings (SSSR count). The number of nitrogens with zero attached hydrogens (tertiary/aromatic N) is 4. The molecule has 3 aromatic rings. The molecule has 2 heterocycles. The average molecular weight is 1080 g/mol. The van der Waals surface area contributed by atoms with Gasteiger partial charge in [0.2, 0.25) is 29.5 Å². The van der Waals surface area contributed by atoms with Gasteiger partial charge < -0.3 is 46.7 Å². The minimum atomic E-state index is -1.28. The Morgan fingerprint density at radius 2 is 1.49 bits per heavy atom. The number of unbranched alkanes of at least 4 members (excludes halogenated alkanes) is 3. The van der Waals surface area contributed by atoms with Crippen molar-refractivity contribution >= 4 is 53.1 Å². The lowest BCUT2D eigenvalue weighted by Gasteiger charge is -2.40. The normalized spacial score (nSPS) is 14.4. The van der Waals surface area contributed by atoms with Crippen molar-refractivity contribution in [3.05, 3.63) is 89.9 Å². The Hall–Kier alpha value is -7.20. The summed E-state index contributed by atoms with van der Waals surface area (Å²) in [4.78, 5) is 121. The Morgan fingerprint density at radius 3 is 2.13 bits per heavy atom. The van der Waals surface area contributed by atoms with Gasteiger partial charge in [0.05, 0.1) is 23.8 Å². The lowest BCUT2D eigenvalue weighted by molar-refractivity contribution is -0.143. The van der Waals surface area contributed by atoms with E-state index >= 15 is 4.39 Å². The fourth-order valence-electron chi connectivity index (χ4n) is 8.83. The van der Waals surface area contributed by atoms with Crippen LogP contribution in [0.15, 0.2) is 66.9 Å². The molecular weight excluding hydrogens is 1000 g/mol. The molecule has 8 N–H and O–H groups in total. The van der Waals surface area contributed by atoms with Crippen LogP contribution in [0.5, 0.6) is 0 Å². The summed E-state index contributed by atoms with van der Waals surface area (Å²) in [6.07, 6.45) is 5.95. The zero-order valence-corrected chi connectivity index (χ0v) is 44.8. The number of carboxylic acids is 1. The number of hydrogen-bond acceptors (Lipinski definition) is 12. The Kier molecular flexibility index (Phi) is 24.2. The molecule has 0 saturated carbocycles. The van der Waals surface area contributed by atoms with Crippen molar-refractivity contribution < 1.29 is 62.1 Å². The number of nitrogens with one attached hydrogen (secondary N) is 4. The summed E-state index contributed by atoms with van der Waals surface area (Å²) in [5.41, 5.74) is 6.44. The third kappa shape index (κ3) is 19.4. The van der Waals surface area contributed by atoms with Gasteiger partial charge in [-0.1, -0.05) is 78.3 Å². The first-order chi connectivity index (χ1) is 36.4. The third-order valence-electron chi connectivity index (χ3n) is 13.0. The van der Waals surface area contributed by atoms with Crippen LogP contribution in [-0.2, 0) is 49.7 Å². The molecule has 0 fully saturated rings. The molecule has 0 radical (unpaired) electrons. The molecule has 0 aliphatic carbocycles. The van der Waals surface area contributed by atoms with E-state index in [0.717, 1.165) is 28.7 Å². The Labute approximate surface area is 448 Å². The van der Waals surface area contributed by atoms with Crippen LogP contribution in [-0.4, -0.2) is 134 Å². The predicted octanol–water partition coefficient (Wildman–Crippen LogP) is 4.09. The number of benzene rings is 2. The molecule has 5 atom stereocenters. The van der Waals surface area contributed by atoms with Gasteiger partial charge in [-0.3, -0.25) is 43.3 Å². The Morgan fingerprint density at radius 1 is 0.805 bits per heavy atom. The average Bonchev–Trinajstić information content (AvgIpc) is 3.93. The molecule has 22 heteroatoms. The van der Waals surface area contributed by atoms with Crippen LogP contribution in [0.1, 0.15) is 123 Å². The molecule has 77 heavy (non-hydrogen) atoms. The van der Waals surface area contributed by atoms with E-state index in [1.54, 1.807) is 24.6 Å². The van der Waals surface area contributed by atoms with E-state index in [2.05, 4.69) is 21.3 Å². The van der Waals surface area contributed by atoms with Gasteiger partial charge in [-0.2, -0.15) is 0 Å². The summed E-state index contributed by atoms with van der Waals surface area (Å²) in [5, 5.41) is 30.5. The SMILES string of the molecule is CC(C)[C@H](NC(=O)CCCCCN1C(=O)C=CC1=O)C(=O)C[C@@H](C)C(=O)N[C@@H](CCCCNC(=O)CCNC(=O)[C@@H](N)CCN(C(=O)CO)[C@@H](c1nc(-c2cc(F)ccc2F)cn1Cc1ccccc1)C(C)(C)C)C(=O)O. The smallest absolute Gasteiger partial charge is 0.326 e. The van der Waals surface area contributed by atoms with E-state index < -0.39 is 83.3 Å². The summed E-state index contributed by atoms with van der Waals surface area (Å²) >= 11 is 0. The summed E-state index contributed by atoms with van der Waals surface area (Å²) < 4.78 is 31.2. The number of hydrogen-bond donors (Lipinski definition) is 7. The monoisotopic (exact) mass is 1080 g/mol. The molecule has 0 saturated heterocycles. The number of halogens is 2. The predicted molar refractivity (Wildman–Crippen MR) is 281 cm³/mol. The van der Waals surface area contributed by atoms with Gasteiger partial charge in [-0.15, -0.1) is 0 Å². The van der Waals surface area contributed by atoms with E-state index in [-0.39, 0.29) is 106 Å². The van der Waals surface area contributed by atoms with Crippen molar-refractivity contribution in [1.29, 1.82) is 0 Å². The Balaban J connectivity index is 1.21. The number of aromatic nitrogens is 2. The topological polar surface area (TPSA) is 293 Å². The van der Waals surface area contributed by atoms with Crippen molar-refractivity contribution in [3.63, 3.8) is 0 Å². The van der Waals surface area contributed by atoms with Gasteiger partial charge in [-0.25, -0.2) is 18.6 Å². The van der Waals surface area contributed by atoms with Crippen LogP contribution in [0, 0.1) is 28.9 Å². The number of rotatable bonds is 32. The highest BCUT2D eigenvalue weighted by molar-refractivity contribution is 6.12. The number of aliphatic hydroxyl groups is 1. The quantitative estimate of drug-likeness (QED) is 0.0343. The number of amides is 7. The fourth-order valence-corrected chi connectivity index (χ4v) is 8.83. The molecule has 7 amide bonds. The van der Waals surface area contributed by atoms with Crippen molar-refractivity contribution in [1.82, 2.24) is 40.6 Å². The van der Waals surface area contributed by atoms with Crippen LogP contribution < -0.4 is 27.0 Å². The lowest BCUT2D eigenvalue weighted by atomic mass is 9.84. The second kappa shape index (κ2) is 29.9. The molecule has 1 aliphatic rings. The number of imidazole rings is 1. The van der Waals surface area contributed by atoms with Gasteiger partial charge in [0.1, 0.15) is 30.1 Å². The Bertz CT molecular complexity index is 2570. The van der Waals surface area contributed by atoms with E-state index in [1.165, 1.54) is 24.0 Å². The summed E-state index contributed by atoms with van der Waals surface area (Å²) in [7, 11) is 0. The maximum Gasteiger partial charge on any atom is 0.326 e. The number of carbonyl (C=O) groups excluding carboxylic acids is 8. The molecule has 2 aromatic carbocycles. The van der Waals surface area contributed by atoms with Gasteiger partial charge >= 0.3 is 5.97 Å². The highest BCUT2D eigenvalue weighted by Gasteiger charge is 2.39. The van der Waals surface area contributed by atoms with Crippen LogP contribution in [0.3, 0.4) is 0 Å². The number of carboxylic acid groups (broad SMARTS) is 1. The lowest BCUT2D eigenvalue weighted by Crippen LogP contribution is -2.48. The first kappa shape index (κ1) is 62.3. The van der Waals surface area contributed by atoms with Gasteiger partial charge in [0.25, 0.3) is 11.8 Å². The van der Waals surface area contributed by atoms with Crippen molar-refractivity contribution in [2.75, 3.05) is 32.8 Å². The highest BCUT2D eigenvalue weighted by atomic mass is 19.1. The molecule has 0 spiro atoms. The number of imide groups is 1. The zero-order valence-electron chi connectivity index (χ0n) is 44.8. The zero-order chi connectivity index (χ0) is 57.0. The number of carbonyl (C=O) groups is 9. The van der Waals surface area contributed by atoms with E-state index in [1.807, 2.05) is 51.1 Å². The molecule has 1 aliphatic heterocycles. The number of aliphatic hydroxyl groups excluding tert-OH is 1. The van der Waals surface area contributed by atoms with Gasteiger partial charge in [-0.05, 0) is 73.6 Å². The van der Waals surface area contributed by atoms with Crippen molar-refractivity contribution in [2.24, 2.45) is 23.0 Å². The fraction of sp³-hybridized carbons (Fsp3) is 0.527. The summed E-state index contributed by atoms with van der Waals surface area (Å²) in [6.45, 7) is 10.2. The van der Waals surface area contributed by atoms with Crippen LogP contribution in [0.4, 0.5) is 8.78 Å². The number of aliphatic carboxylic acids is 1. The third-order valence-corrected chi connectivity index (χ3v) is 13.0. The van der Waals surface area contributed by atoms with Crippen molar-refractivity contribution in [3.8, 4) is 11.3 Å². The molecule has 0 bridgehead atoms. The van der Waals surface area contributed by atoms with Gasteiger partial charge in [0, 0.05) is 81.8 Å². The number of ketones is 1. The minimum Gasteiger partial charge on any atom is -0.480 e. The minimum absolute atomic E-state index is 0.0302. The summed E-state index contributed by atoms with van der Waals surface area (Å²) in [5.74, 6) is -7.34. The highest BCUT2D eigenvalue weighted by Crippen LogP contribution is 2.39. The maximum absolute atomic E-state index is 15.1. The number of Topliss-reactive ketones (excluding diaryl/α,β-unsaturated/α-hetero) is 1. The molecule has 420 valence electrons.